The average Bonchev–Trinajstić information content (AvgIpc) is 2.78. The molecule has 2 amide bonds. The normalized spacial score (nSPS) is 10.5. The molecule has 0 saturated carbocycles. The van der Waals surface area contributed by atoms with Gasteiger partial charge in [0.05, 0.1) is 17.5 Å². The minimum atomic E-state index is -0.512. The summed E-state index contributed by atoms with van der Waals surface area (Å²) < 4.78 is 11.3. The van der Waals surface area contributed by atoms with E-state index in [1.54, 1.807) is 6.07 Å². The quantitative estimate of drug-likeness (QED) is 0.273. The van der Waals surface area contributed by atoms with Gasteiger partial charge < -0.3 is 9.47 Å². The van der Waals surface area contributed by atoms with Crippen molar-refractivity contribution in [3.63, 3.8) is 0 Å². The first-order valence-corrected chi connectivity index (χ1v) is 11.3. The Labute approximate surface area is 197 Å². The number of benzene rings is 2. The van der Waals surface area contributed by atoms with Gasteiger partial charge in [0.15, 0.2) is 6.61 Å². The van der Waals surface area contributed by atoms with Gasteiger partial charge in [-0.1, -0.05) is 50.2 Å². The Morgan fingerprint density at radius 3 is 2.38 bits per heavy atom. The number of carbonyl (C=O) groups excluding carboxylic acids is 3. The van der Waals surface area contributed by atoms with Gasteiger partial charge in [0.25, 0.3) is 5.91 Å². The molecule has 2 N–H and O–H groups in total. The number of carbonyl (C=O) groups is 3. The van der Waals surface area contributed by atoms with Gasteiger partial charge >= 0.3 is 5.97 Å². The van der Waals surface area contributed by atoms with Gasteiger partial charge in [-0.3, -0.25) is 25.2 Å². The van der Waals surface area contributed by atoms with Gasteiger partial charge in [0.2, 0.25) is 5.91 Å². The highest BCUT2D eigenvalue weighted by Gasteiger charge is 2.11. The third-order valence-corrected chi connectivity index (χ3v) is 5.21. The summed E-state index contributed by atoms with van der Waals surface area (Å²) >= 11 is 3.43. The first kappa shape index (κ1) is 25.4. The molecule has 0 aromatic heterocycles. The minimum Gasteiger partial charge on any atom is -0.483 e. The van der Waals surface area contributed by atoms with Crippen molar-refractivity contribution in [2.75, 3.05) is 13.2 Å². The van der Waals surface area contributed by atoms with Gasteiger partial charge in [0.1, 0.15) is 5.75 Å². The minimum absolute atomic E-state index is 0.0569. The van der Waals surface area contributed by atoms with Crippen molar-refractivity contribution in [3.05, 3.63) is 64.1 Å². The first-order valence-electron chi connectivity index (χ1n) is 10.5. The van der Waals surface area contributed by atoms with Crippen LogP contribution in [0.3, 0.4) is 0 Å². The Bertz CT molecular complexity index is 903. The third-order valence-electron chi connectivity index (χ3n) is 4.59. The number of hydrazine groups is 1. The number of ether oxygens (including phenoxy) is 2. The highest BCUT2D eigenvalue weighted by molar-refractivity contribution is 9.10. The van der Waals surface area contributed by atoms with E-state index in [1.165, 1.54) is 5.56 Å². The number of hydrogen-bond acceptors (Lipinski definition) is 5. The SMILES string of the molecule is CC(C)c1ccc(OCC(=O)NNC(=O)CCC(=O)OCCCc2ccccc2)c(Br)c1. The van der Waals surface area contributed by atoms with E-state index in [4.69, 9.17) is 9.47 Å². The van der Waals surface area contributed by atoms with Gasteiger partial charge in [-0.2, -0.15) is 0 Å². The first-order chi connectivity index (χ1) is 15.3. The number of hydrogen-bond donors (Lipinski definition) is 2. The molecule has 8 heteroatoms. The zero-order valence-corrected chi connectivity index (χ0v) is 19.9. The second-order valence-electron chi connectivity index (χ2n) is 7.54. The van der Waals surface area contributed by atoms with Crippen molar-refractivity contribution in [3.8, 4) is 5.75 Å². The lowest BCUT2D eigenvalue weighted by Crippen LogP contribution is -2.43. The predicted molar refractivity (Wildman–Crippen MR) is 125 cm³/mol. The Morgan fingerprint density at radius 2 is 1.69 bits per heavy atom. The summed E-state index contributed by atoms with van der Waals surface area (Å²) in [5.41, 5.74) is 6.86. The van der Waals surface area contributed by atoms with E-state index in [0.717, 1.165) is 16.5 Å². The molecule has 0 saturated heterocycles. The highest BCUT2D eigenvalue weighted by atomic mass is 79.9. The van der Waals surface area contributed by atoms with Crippen LogP contribution in [-0.4, -0.2) is 31.0 Å². The highest BCUT2D eigenvalue weighted by Crippen LogP contribution is 2.28. The molecule has 0 spiro atoms. The number of nitrogens with one attached hydrogen (secondary N) is 2. The van der Waals surface area contributed by atoms with Gasteiger partial charge in [0, 0.05) is 6.42 Å². The van der Waals surface area contributed by atoms with Crippen LogP contribution in [0.2, 0.25) is 0 Å². The third kappa shape index (κ3) is 9.51. The van der Waals surface area contributed by atoms with Crippen molar-refractivity contribution < 1.29 is 23.9 Å². The molecule has 0 bridgehead atoms. The molecule has 0 unspecified atom stereocenters. The monoisotopic (exact) mass is 504 g/mol. The standard InChI is InChI=1S/C24H29BrN2O5/c1-17(2)19-10-11-21(20(25)15-19)32-16-23(29)27-26-22(28)12-13-24(30)31-14-6-9-18-7-4-3-5-8-18/h3-5,7-8,10-11,15,17H,6,9,12-14,16H2,1-2H3,(H,26,28)(H,27,29). The van der Waals surface area contributed by atoms with E-state index >= 15 is 0 Å². The van der Waals surface area contributed by atoms with E-state index in [1.807, 2.05) is 42.5 Å². The van der Waals surface area contributed by atoms with Gasteiger partial charge in [-0.25, -0.2) is 0 Å². The lowest BCUT2D eigenvalue weighted by Gasteiger charge is -2.12. The van der Waals surface area contributed by atoms with Crippen LogP contribution < -0.4 is 15.6 Å². The van der Waals surface area contributed by atoms with Crippen LogP contribution in [0, 0.1) is 0 Å². The maximum Gasteiger partial charge on any atom is 0.306 e. The molecule has 2 aromatic rings. The van der Waals surface area contributed by atoms with Crippen LogP contribution in [0.4, 0.5) is 0 Å². The van der Waals surface area contributed by atoms with E-state index in [-0.39, 0.29) is 19.4 Å². The van der Waals surface area contributed by atoms with Crippen LogP contribution in [0.25, 0.3) is 0 Å². The largest absolute Gasteiger partial charge is 0.483 e. The number of halogens is 1. The number of rotatable bonds is 11. The van der Waals surface area contributed by atoms with Crippen molar-refractivity contribution >= 4 is 33.7 Å². The molecule has 2 rings (SSSR count). The molecular formula is C24H29BrN2O5. The molecule has 0 aliphatic carbocycles. The molecule has 172 valence electrons. The molecule has 32 heavy (non-hydrogen) atoms. The summed E-state index contributed by atoms with van der Waals surface area (Å²) in [6.07, 6.45) is 1.40. The molecule has 7 nitrogen and oxygen atoms in total. The van der Waals surface area contributed by atoms with Gasteiger partial charge in [-0.15, -0.1) is 0 Å². The average molecular weight is 505 g/mol. The molecule has 0 heterocycles. The van der Waals surface area contributed by atoms with Crippen LogP contribution in [0.1, 0.15) is 50.2 Å². The predicted octanol–water partition coefficient (Wildman–Crippen LogP) is 4.05. The van der Waals surface area contributed by atoms with E-state index in [9.17, 15) is 14.4 Å². The van der Waals surface area contributed by atoms with Crippen LogP contribution in [-0.2, 0) is 25.5 Å². The molecule has 0 aliphatic heterocycles. The van der Waals surface area contributed by atoms with Crippen LogP contribution in [0.5, 0.6) is 5.75 Å². The summed E-state index contributed by atoms with van der Waals surface area (Å²) in [5, 5.41) is 0. The fraction of sp³-hybridized carbons (Fsp3) is 0.375. The molecular weight excluding hydrogens is 476 g/mol. The van der Waals surface area contributed by atoms with E-state index in [2.05, 4.69) is 40.6 Å². The molecule has 0 fully saturated rings. The summed E-state index contributed by atoms with van der Waals surface area (Å²) in [4.78, 5) is 35.4. The lowest BCUT2D eigenvalue weighted by molar-refractivity contribution is -0.145. The summed E-state index contributed by atoms with van der Waals surface area (Å²) in [6.45, 7) is 4.22. The molecule has 0 aliphatic rings. The van der Waals surface area contributed by atoms with Crippen LogP contribution >= 0.6 is 15.9 Å². The number of esters is 1. The number of amides is 2. The van der Waals surface area contributed by atoms with E-state index in [0.29, 0.717) is 24.7 Å². The topological polar surface area (TPSA) is 93.7 Å². The lowest BCUT2D eigenvalue weighted by atomic mass is 10.0. The van der Waals surface area contributed by atoms with Crippen molar-refractivity contribution in [1.82, 2.24) is 10.9 Å². The molecule has 0 radical (unpaired) electrons. The smallest absolute Gasteiger partial charge is 0.306 e. The Hall–Kier alpha value is -2.87. The maximum atomic E-state index is 11.9. The summed E-state index contributed by atoms with van der Waals surface area (Å²) in [5.74, 6) is -0.530. The zero-order chi connectivity index (χ0) is 23.3. The maximum absolute atomic E-state index is 11.9. The second kappa shape index (κ2) is 13.5. The van der Waals surface area contributed by atoms with Gasteiger partial charge in [-0.05, 0) is 57.9 Å². The fourth-order valence-corrected chi connectivity index (χ4v) is 3.28. The second-order valence-corrected chi connectivity index (χ2v) is 8.39. The Balaban J connectivity index is 1.57. The summed E-state index contributed by atoms with van der Waals surface area (Å²) in [6, 6.07) is 15.6. The molecule has 2 aromatic carbocycles. The van der Waals surface area contributed by atoms with Crippen molar-refractivity contribution in [2.45, 2.75) is 45.4 Å². The van der Waals surface area contributed by atoms with Crippen molar-refractivity contribution in [2.24, 2.45) is 0 Å². The number of aryl methyl sites for hydroxylation is 1. The van der Waals surface area contributed by atoms with Crippen molar-refractivity contribution in [1.29, 1.82) is 0 Å². The fourth-order valence-electron chi connectivity index (χ4n) is 2.77. The van der Waals surface area contributed by atoms with Crippen LogP contribution in [0.15, 0.2) is 53.0 Å². The Kier molecular flexibility index (Phi) is 10.7. The summed E-state index contributed by atoms with van der Waals surface area (Å²) in [7, 11) is 0. The Morgan fingerprint density at radius 1 is 0.969 bits per heavy atom. The zero-order valence-electron chi connectivity index (χ0n) is 18.4. The van der Waals surface area contributed by atoms with E-state index < -0.39 is 17.8 Å². The molecule has 0 atom stereocenters.